The van der Waals surface area contributed by atoms with Crippen LogP contribution in [0.5, 0.6) is 5.75 Å². The molecule has 0 aliphatic carbocycles. The SMILES string of the molecule is CCn1c(COC2CCCCO2)nn(-c2cc(O[C@@H](C)C(F)(F)F)c(/C(F)=C/c3cnccc3Cl)cc2F)c1=O. The molecule has 2 aromatic heterocycles. The quantitative estimate of drug-likeness (QED) is 0.282. The highest BCUT2D eigenvalue weighted by atomic mass is 35.5. The minimum Gasteiger partial charge on any atom is -0.480 e. The maximum Gasteiger partial charge on any atom is 0.425 e. The molecule has 4 rings (SSSR count). The number of halogens is 6. The van der Waals surface area contributed by atoms with Crippen LogP contribution in [0, 0.1) is 5.82 Å². The van der Waals surface area contributed by atoms with Crippen molar-refractivity contribution in [1.29, 1.82) is 0 Å². The topological polar surface area (TPSA) is 80.4 Å². The van der Waals surface area contributed by atoms with Crippen molar-refractivity contribution in [1.82, 2.24) is 19.3 Å². The molecule has 8 nitrogen and oxygen atoms in total. The van der Waals surface area contributed by atoms with Crippen LogP contribution in [0.15, 0.2) is 35.4 Å². The molecule has 3 heterocycles. The van der Waals surface area contributed by atoms with Gasteiger partial charge in [-0.05, 0) is 51.3 Å². The van der Waals surface area contributed by atoms with Gasteiger partial charge in [-0.1, -0.05) is 11.6 Å². The number of hydrogen-bond donors (Lipinski definition) is 0. The van der Waals surface area contributed by atoms with Crippen LogP contribution in [0.2, 0.25) is 5.02 Å². The maximum atomic E-state index is 15.4. The summed E-state index contributed by atoms with van der Waals surface area (Å²) in [5, 5.41) is 4.26. The number of alkyl halides is 3. The standard InChI is InChI=1S/C26H26ClF5N4O4/c1-3-35-23(14-39-24-6-4-5-9-38-24)34-36(25(35)37)21-12-22(40-15(2)26(30,31)32)17(11-20(21)29)19(28)10-16-13-33-8-7-18(16)27/h7-8,10-13,15,24H,3-6,9,14H2,1-2H3/b19-10-/t15-,24?/m0/s1. The molecule has 0 saturated carbocycles. The smallest absolute Gasteiger partial charge is 0.425 e. The molecule has 1 unspecified atom stereocenters. The van der Waals surface area contributed by atoms with Crippen LogP contribution in [0.4, 0.5) is 22.0 Å². The summed E-state index contributed by atoms with van der Waals surface area (Å²) in [4.78, 5) is 16.9. The van der Waals surface area contributed by atoms with Gasteiger partial charge in [0.25, 0.3) is 0 Å². The van der Waals surface area contributed by atoms with Crippen molar-refractivity contribution in [2.75, 3.05) is 6.61 Å². The Hall–Kier alpha value is -3.29. The summed E-state index contributed by atoms with van der Waals surface area (Å²) in [6.07, 6.45) is -1.73. The molecule has 216 valence electrons. The first-order valence-corrected chi connectivity index (χ1v) is 12.8. The minimum atomic E-state index is -4.81. The fourth-order valence-corrected chi connectivity index (χ4v) is 4.14. The monoisotopic (exact) mass is 588 g/mol. The van der Waals surface area contributed by atoms with Crippen LogP contribution in [0.3, 0.4) is 0 Å². The first kappa shape index (κ1) is 29.7. The molecule has 3 aromatic rings. The Morgan fingerprint density at radius 3 is 2.75 bits per heavy atom. The van der Waals surface area contributed by atoms with Crippen molar-refractivity contribution in [2.24, 2.45) is 0 Å². The van der Waals surface area contributed by atoms with Crippen molar-refractivity contribution in [2.45, 2.75) is 64.8 Å². The molecule has 0 amide bonds. The zero-order chi connectivity index (χ0) is 29.0. The highest BCUT2D eigenvalue weighted by Gasteiger charge is 2.39. The summed E-state index contributed by atoms with van der Waals surface area (Å²) in [6, 6.07) is 2.81. The molecule has 40 heavy (non-hydrogen) atoms. The van der Waals surface area contributed by atoms with Gasteiger partial charge in [0, 0.05) is 37.2 Å². The second kappa shape index (κ2) is 12.5. The van der Waals surface area contributed by atoms with E-state index >= 15 is 8.78 Å². The lowest BCUT2D eigenvalue weighted by Gasteiger charge is -2.22. The third-order valence-electron chi connectivity index (χ3n) is 6.17. The predicted octanol–water partition coefficient (Wildman–Crippen LogP) is 6.08. The highest BCUT2D eigenvalue weighted by Crippen LogP contribution is 2.36. The van der Waals surface area contributed by atoms with Gasteiger partial charge in [-0.15, -0.1) is 5.10 Å². The number of pyridine rings is 1. The Balaban J connectivity index is 1.76. The summed E-state index contributed by atoms with van der Waals surface area (Å²) in [5.41, 5.74) is -1.83. The van der Waals surface area contributed by atoms with Gasteiger partial charge in [0.1, 0.15) is 29.7 Å². The molecule has 1 aliphatic heterocycles. The van der Waals surface area contributed by atoms with Crippen molar-refractivity contribution in [3.05, 3.63) is 68.9 Å². The van der Waals surface area contributed by atoms with Crippen molar-refractivity contribution in [3.63, 3.8) is 0 Å². The summed E-state index contributed by atoms with van der Waals surface area (Å²) in [5.74, 6) is -2.79. The van der Waals surface area contributed by atoms with E-state index in [0.717, 1.165) is 25.0 Å². The first-order chi connectivity index (χ1) is 19.0. The largest absolute Gasteiger partial charge is 0.480 e. The molecule has 14 heteroatoms. The lowest BCUT2D eigenvalue weighted by molar-refractivity contribution is -0.189. The molecular formula is C26H26ClF5N4O4. The third-order valence-corrected chi connectivity index (χ3v) is 6.51. The van der Waals surface area contributed by atoms with Gasteiger partial charge >= 0.3 is 11.9 Å². The van der Waals surface area contributed by atoms with Crippen LogP contribution in [-0.4, -0.2) is 44.5 Å². The highest BCUT2D eigenvalue weighted by molar-refractivity contribution is 6.32. The van der Waals surface area contributed by atoms with E-state index in [0.29, 0.717) is 30.7 Å². The molecule has 0 N–H and O–H groups in total. The summed E-state index contributed by atoms with van der Waals surface area (Å²) < 4.78 is 88.9. The molecule has 1 aromatic carbocycles. The molecule has 1 aliphatic rings. The Morgan fingerprint density at radius 2 is 2.10 bits per heavy atom. The van der Waals surface area contributed by atoms with E-state index in [9.17, 15) is 18.0 Å². The zero-order valence-electron chi connectivity index (χ0n) is 21.6. The van der Waals surface area contributed by atoms with Gasteiger partial charge in [0.2, 0.25) is 0 Å². The van der Waals surface area contributed by atoms with Crippen LogP contribution in [0.1, 0.15) is 50.1 Å². The average Bonchev–Trinajstić information content (AvgIpc) is 3.24. The molecule has 1 saturated heterocycles. The normalized spacial score (nSPS) is 17.2. The molecule has 0 spiro atoms. The van der Waals surface area contributed by atoms with Crippen LogP contribution < -0.4 is 10.4 Å². The summed E-state index contributed by atoms with van der Waals surface area (Å²) in [6.45, 7) is 2.94. The van der Waals surface area contributed by atoms with E-state index in [4.69, 9.17) is 25.8 Å². The molecular weight excluding hydrogens is 563 g/mol. The summed E-state index contributed by atoms with van der Waals surface area (Å²) >= 11 is 6.03. The Bertz CT molecular complexity index is 1430. The van der Waals surface area contributed by atoms with Gasteiger partial charge < -0.3 is 14.2 Å². The Morgan fingerprint density at radius 1 is 1.32 bits per heavy atom. The van der Waals surface area contributed by atoms with Gasteiger partial charge in [0.15, 0.2) is 18.2 Å². The fraction of sp³-hybridized carbons (Fsp3) is 0.423. The molecule has 0 bridgehead atoms. The number of aromatic nitrogens is 4. The van der Waals surface area contributed by atoms with E-state index < -0.39 is 52.9 Å². The van der Waals surface area contributed by atoms with Crippen LogP contribution in [-0.2, 0) is 22.6 Å². The van der Waals surface area contributed by atoms with Crippen molar-refractivity contribution in [3.8, 4) is 11.4 Å². The van der Waals surface area contributed by atoms with Gasteiger partial charge in [-0.25, -0.2) is 13.6 Å². The van der Waals surface area contributed by atoms with Gasteiger partial charge in [-0.3, -0.25) is 9.55 Å². The van der Waals surface area contributed by atoms with Crippen LogP contribution >= 0.6 is 11.6 Å². The van der Waals surface area contributed by atoms with Gasteiger partial charge in [0.05, 0.1) is 10.6 Å². The third kappa shape index (κ3) is 6.70. The van der Waals surface area contributed by atoms with E-state index in [1.807, 2.05) is 0 Å². The first-order valence-electron chi connectivity index (χ1n) is 12.5. The van der Waals surface area contributed by atoms with Crippen molar-refractivity contribution < 1.29 is 36.2 Å². The van der Waals surface area contributed by atoms with E-state index in [2.05, 4.69) is 10.1 Å². The maximum absolute atomic E-state index is 15.4. The molecule has 0 radical (unpaired) electrons. The van der Waals surface area contributed by atoms with Crippen molar-refractivity contribution >= 4 is 23.5 Å². The number of ether oxygens (including phenoxy) is 3. The van der Waals surface area contributed by atoms with Gasteiger partial charge in [-0.2, -0.15) is 17.9 Å². The Kier molecular flexibility index (Phi) is 9.26. The van der Waals surface area contributed by atoms with Crippen LogP contribution in [0.25, 0.3) is 17.6 Å². The number of rotatable bonds is 9. The lowest BCUT2D eigenvalue weighted by Crippen LogP contribution is -2.31. The predicted molar refractivity (Wildman–Crippen MR) is 136 cm³/mol. The number of benzene rings is 1. The average molecular weight is 589 g/mol. The van der Waals surface area contributed by atoms with E-state index in [1.54, 1.807) is 6.92 Å². The summed E-state index contributed by atoms with van der Waals surface area (Å²) in [7, 11) is 0. The minimum absolute atomic E-state index is 0.102. The van der Waals surface area contributed by atoms with E-state index in [-0.39, 0.29) is 29.6 Å². The fourth-order valence-electron chi connectivity index (χ4n) is 3.99. The molecule has 2 atom stereocenters. The second-order valence-electron chi connectivity index (χ2n) is 8.95. The molecule has 1 fully saturated rings. The zero-order valence-corrected chi connectivity index (χ0v) is 22.3. The van der Waals surface area contributed by atoms with E-state index in [1.165, 1.54) is 23.0 Å². The lowest BCUT2D eigenvalue weighted by atomic mass is 10.1. The number of hydrogen-bond acceptors (Lipinski definition) is 6. The second-order valence-corrected chi connectivity index (χ2v) is 9.36. The number of nitrogens with zero attached hydrogens (tertiary/aromatic N) is 4. The Labute approximate surface area is 230 Å².